The van der Waals surface area contributed by atoms with Crippen LogP contribution in [0.25, 0.3) is 0 Å². The zero-order chi connectivity index (χ0) is 18.8. The Hall–Kier alpha value is -1.70. The smallest absolute Gasteiger partial charge is 0.287 e. The van der Waals surface area contributed by atoms with E-state index in [-0.39, 0.29) is 16.6 Å². The zero-order valence-electron chi connectivity index (χ0n) is 15.3. The quantitative estimate of drug-likeness (QED) is 0.737. The molecule has 6 nitrogen and oxygen atoms in total. The van der Waals surface area contributed by atoms with E-state index in [0.29, 0.717) is 11.7 Å². The molecule has 8 heteroatoms. The number of para-hydroxylation sites is 1. The summed E-state index contributed by atoms with van der Waals surface area (Å²) in [6.45, 7) is 1.84. The summed E-state index contributed by atoms with van der Waals surface area (Å²) in [6.07, 6.45) is 5.93. The Morgan fingerprint density at radius 3 is 2.52 bits per heavy atom. The molecule has 0 spiro atoms. The van der Waals surface area contributed by atoms with Crippen molar-refractivity contribution in [1.82, 2.24) is 14.1 Å². The first-order valence-corrected chi connectivity index (χ1v) is 10.5. The standard InChI is InChI=1S/C19H24ClN5OS/c1-21-17-13-22-24(19(26)18(17)20)14-9-11-23(12-10-14)27-25(16-7-8-16)15-5-3-2-4-6-15/h2-6,13-14,16,21H,7-12H2,1H3. The molecule has 0 unspecified atom stereocenters. The molecule has 1 N–H and O–H groups in total. The zero-order valence-corrected chi connectivity index (χ0v) is 16.9. The van der Waals surface area contributed by atoms with E-state index >= 15 is 0 Å². The van der Waals surface area contributed by atoms with E-state index in [4.69, 9.17) is 11.6 Å². The molecular weight excluding hydrogens is 382 g/mol. The molecule has 1 saturated carbocycles. The molecule has 1 aliphatic carbocycles. The molecule has 1 aromatic carbocycles. The lowest BCUT2D eigenvalue weighted by Crippen LogP contribution is -2.38. The summed E-state index contributed by atoms with van der Waals surface area (Å²) in [5, 5.41) is 7.44. The van der Waals surface area contributed by atoms with Crippen LogP contribution in [0.1, 0.15) is 31.7 Å². The molecule has 0 atom stereocenters. The lowest BCUT2D eigenvalue weighted by molar-refractivity contribution is 0.268. The molecular formula is C19H24ClN5OS. The van der Waals surface area contributed by atoms with Crippen molar-refractivity contribution in [1.29, 1.82) is 0 Å². The summed E-state index contributed by atoms with van der Waals surface area (Å²) in [7, 11) is 1.74. The van der Waals surface area contributed by atoms with Crippen molar-refractivity contribution in [2.45, 2.75) is 37.8 Å². The second kappa shape index (κ2) is 8.12. The number of piperidine rings is 1. The summed E-state index contributed by atoms with van der Waals surface area (Å²) in [5.41, 5.74) is 1.63. The number of hydrogen-bond donors (Lipinski definition) is 1. The first kappa shape index (κ1) is 18.7. The normalized spacial score (nSPS) is 18.4. The van der Waals surface area contributed by atoms with E-state index in [2.05, 4.69) is 49.4 Å². The topological polar surface area (TPSA) is 53.4 Å². The van der Waals surface area contributed by atoms with Gasteiger partial charge in [0, 0.05) is 44.0 Å². The molecule has 2 aliphatic rings. The molecule has 1 aliphatic heterocycles. The Morgan fingerprint density at radius 1 is 1.19 bits per heavy atom. The van der Waals surface area contributed by atoms with Gasteiger partial charge in [-0.1, -0.05) is 29.8 Å². The van der Waals surface area contributed by atoms with E-state index in [1.54, 1.807) is 17.9 Å². The van der Waals surface area contributed by atoms with E-state index < -0.39 is 0 Å². The van der Waals surface area contributed by atoms with Gasteiger partial charge in [0.25, 0.3) is 5.56 Å². The van der Waals surface area contributed by atoms with Crippen LogP contribution in [0, 0.1) is 0 Å². The molecule has 1 aromatic heterocycles. The average Bonchev–Trinajstić information content (AvgIpc) is 3.55. The third-order valence-electron chi connectivity index (χ3n) is 5.07. The van der Waals surface area contributed by atoms with Crippen LogP contribution in [0.3, 0.4) is 0 Å². The molecule has 4 rings (SSSR count). The molecule has 0 bridgehead atoms. The van der Waals surface area contributed by atoms with Crippen LogP contribution in [0.4, 0.5) is 11.4 Å². The van der Waals surface area contributed by atoms with E-state index in [1.165, 1.54) is 18.5 Å². The molecule has 2 fully saturated rings. The molecule has 2 aromatic rings. The number of benzene rings is 1. The summed E-state index contributed by atoms with van der Waals surface area (Å²) >= 11 is 7.99. The van der Waals surface area contributed by atoms with Gasteiger partial charge in [-0.05, 0) is 37.8 Å². The van der Waals surface area contributed by atoms with Gasteiger partial charge >= 0.3 is 0 Å². The molecule has 144 valence electrons. The van der Waals surface area contributed by atoms with E-state index in [1.807, 2.05) is 12.1 Å². The minimum atomic E-state index is -0.210. The van der Waals surface area contributed by atoms with Gasteiger partial charge in [-0.15, -0.1) is 0 Å². The fraction of sp³-hybridized carbons (Fsp3) is 0.474. The Kier molecular flexibility index (Phi) is 5.61. The average molecular weight is 406 g/mol. The predicted octanol–water partition coefficient (Wildman–Crippen LogP) is 3.81. The lowest BCUT2D eigenvalue weighted by atomic mass is 10.1. The van der Waals surface area contributed by atoms with E-state index in [0.717, 1.165) is 25.9 Å². The predicted molar refractivity (Wildman–Crippen MR) is 112 cm³/mol. The second-order valence-corrected chi connectivity index (χ2v) is 8.46. The van der Waals surface area contributed by atoms with Crippen molar-refractivity contribution in [3.8, 4) is 0 Å². The minimum absolute atomic E-state index is 0.101. The van der Waals surface area contributed by atoms with Gasteiger partial charge in [0.05, 0.1) is 17.9 Å². The fourth-order valence-electron chi connectivity index (χ4n) is 3.38. The van der Waals surface area contributed by atoms with Crippen LogP contribution >= 0.6 is 23.7 Å². The summed E-state index contributed by atoms with van der Waals surface area (Å²) in [6, 6.07) is 11.3. The third kappa shape index (κ3) is 4.10. The highest BCUT2D eigenvalue weighted by atomic mass is 35.5. The Bertz CT molecular complexity index is 834. The fourth-order valence-corrected chi connectivity index (χ4v) is 4.79. The first-order valence-electron chi connectivity index (χ1n) is 9.39. The maximum absolute atomic E-state index is 12.5. The van der Waals surface area contributed by atoms with Crippen LogP contribution in [0.5, 0.6) is 0 Å². The second-order valence-electron chi connectivity index (χ2n) is 7.01. The van der Waals surface area contributed by atoms with Crippen LogP contribution in [0.2, 0.25) is 5.02 Å². The maximum Gasteiger partial charge on any atom is 0.287 e. The van der Waals surface area contributed by atoms with Crippen molar-refractivity contribution < 1.29 is 0 Å². The number of hydrogen-bond acceptors (Lipinski definition) is 6. The van der Waals surface area contributed by atoms with Gasteiger partial charge in [0.1, 0.15) is 5.02 Å². The highest BCUT2D eigenvalue weighted by Crippen LogP contribution is 2.39. The first-order chi connectivity index (χ1) is 13.2. The summed E-state index contributed by atoms with van der Waals surface area (Å²) < 4.78 is 6.39. The van der Waals surface area contributed by atoms with Gasteiger partial charge in [0.2, 0.25) is 0 Å². The maximum atomic E-state index is 12.5. The molecule has 0 amide bonds. The van der Waals surface area contributed by atoms with Gasteiger partial charge in [-0.2, -0.15) is 5.10 Å². The van der Waals surface area contributed by atoms with Crippen molar-refractivity contribution in [2.24, 2.45) is 0 Å². The molecule has 2 heterocycles. The number of halogens is 1. The molecule has 1 saturated heterocycles. The van der Waals surface area contributed by atoms with Crippen LogP contribution in [0.15, 0.2) is 41.3 Å². The lowest BCUT2D eigenvalue weighted by Gasteiger charge is -2.35. The Balaban J connectivity index is 1.40. The van der Waals surface area contributed by atoms with Crippen molar-refractivity contribution in [3.05, 3.63) is 51.9 Å². The van der Waals surface area contributed by atoms with Gasteiger partial charge in [-0.25, -0.2) is 8.99 Å². The Labute approximate surface area is 168 Å². The van der Waals surface area contributed by atoms with Crippen molar-refractivity contribution in [3.63, 3.8) is 0 Å². The van der Waals surface area contributed by atoms with Crippen LogP contribution in [-0.4, -0.2) is 40.3 Å². The van der Waals surface area contributed by atoms with Gasteiger partial charge < -0.3 is 9.62 Å². The van der Waals surface area contributed by atoms with Crippen molar-refractivity contribution >= 4 is 35.1 Å². The summed E-state index contributed by atoms with van der Waals surface area (Å²) in [4.78, 5) is 12.5. The Morgan fingerprint density at radius 2 is 1.89 bits per heavy atom. The third-order valence-corrected chi connectivity index (χ3v) is 6.72. The van der Waals surface area contributed by atoms with Gasteiger partial charge in [0.15, 0.2) is 0 Å². The molecule has 27 heavy (non-hydrogen) atoms. The minimum Gasteiger partial charge on any atom is -0.385 e. The molecule has 0 radical (unpaired) electrons. The number of nitrogens with zero attached hydrogens (tertiary/aromatic N) is 4. The highest BCUT2D eigenvalue weighted by Gasteiger charge is 2.33. The number of aromatic nitrogens is 2. The highest BCUT2D eigenvalue weighted by molar-refractivity contribution is 7.98. The van der Waals surface area contributed by atoms with Crippen LogP contribution in [-0.2, 0) is 0 Å². The van der Waals surface area contributed by atoms with E-state index in [9.17, 15) is 4.79 Å². The number of anilines is 2. The van der Waals surface area contributed by atoms with Gasteiger partial charge in [-0.3, -0.25) is 4.79 Å². The SMILES string of the molecule is CNc1cnn(C2CCN(SN(c3ccccc3)C3CC3)CC2)c(=O)c1Cl. The number of rotatable bonds is 6. The monoisotopic (exact) mass is 405 g/mol. The largest absolute Gasteiger partial charge is 0.385 e. The van der Waals surface area contributed by atoms with Crippen LogP contribution < -0.4 is 15.2 Å². The number of nitrogens with one attached hydrogen (secondary N) is 1. The van der Waals surface area contributed by atoms with Crippen molar-refractivity contribution in [2.75, 3.05) is 29.8 Å². The summed E-state index contributed by atoms with van der Waals surface area (Å²) in [5.74, 6) is 0.